The predicted molar refractivity (Wildman–Crippen MR) is 88.2 cm³/mol. The average molecular weight is 279 g/mol. The number of aromatic nitrogens is 2. The van der Waals surface area contributed by atoms with Crippen LogP contribution in [-0.2, 0) is 6.54 Å². The highest BCUT2D eigenvalue weighted by molar-refractivity contribution is 5.80. The Morgan fingerprint density at radius 2 is 1.76 bits per heavy atom. The van der Waals surface area contributed by atoms with Gasteiger partial charge in [-0.1, -0.05) is 42.0 Å². The molecule has 3 heteroatoms. The van der Waals surface area contributed by atoms with Gasteiger partial charge in [0.05, 0.1) is 11.0 Å². The Hall–Kier alpha value is -2.13. The van der Waals surface area contributed by atoms with E-state index >= 15 is 0 Å². The Bertz CT molecular complexity index is 726. The molecule has 108 valence electrons. The highest BCUT2D eigenvalue weighted by Gasteiger charge is 2.11. The molecule has 3 nitrogen and oxygen atoms in total. The average Bonchev–Trinajstić information content (AvgIpc) is 2.87. The quantitative estimate of drug-likeness (QED) is 0.723. The number of aryl methyl sites for hydroxylation is 2. The van der Waals surface area contributed by atoms with Gasteiger partial charge in [-0.25, -0.2) is 4.98 Å². The largest absolute Gasteiger partial charge is 0.330 e. The summed E-state index contributed by atoms with van der Waals surface area (Å²) in [5, 5.41) is 0. The monoisotopic (exact) mass is 279 g/mol. The molecule has 0 fully saturated rings. The van der Waals surface area contributed by atoms with Crippen molar-refractivity contribution in [1.29, 1.82) is 0 Å². The molecule has 0 saturated carbocycles. The van der Waals surface area contributed by atoms with Crippen LogP contribution in [0.3, 0.4) is 0 Å². The molecule has 0 spiro atoms. The SMILES string of the molecule is Cc1ccc(-c2nc3ccccc3n2CCCCN)cc1. The number of hydrogen-bond acceptors (Lipinski definition) is 2. The van der Waals surface area contributed by atoms with Crippen LogP contribution in [0.25, 0.3) is 22.4 Å². The fraction of sp³-hybridized carbons (Fsp3) is 0.278. The van der Waals surface area contributed by atoms with Crippen LogP contribution in [0, 0.1) is 6.92 Å². The molecule has 21 heavy (non-hydrogen) atoms. The van der Waals surface area contributed by atoms with Gasteiger partial charge in [0.25, 0.3) is 0 Å². The number of hydrogen-bond donors (Lipinski definition) is 1. The van der Waals surface area contributed by atoms with E-state index in [0.717, 1.165) is 37.3 Å². The molecule has 1 aromatic heterocycles. The lowest BCUT2D eigenvalue weighted by Crippen LogP contribution is -2.04. The molecular weight excluding hydrogens is 258 g/mol. The summed E-state index contributed by atoms with van der Waals surface area (Å²) in [6.45, 7) is 3.81. The van der Waals surface area contributed by atoms with Gasteiger partial charge in [0.15, 0.2) is 0 Å². The lowest BCUT2D eigenvalue weighted by atomic mass is 10.1. The van der Waals surface area contributed by atoms with Gasteiger partial charge in [-0.15, -0.1) is 0 Å². The number of imidazole rings is 1. The number of benzene rings is 2. The van der Waals surface area contributed by atoms with Gasteiger partial charge in [0.2, 0.25) is 0 Å². The van der Waals surface area contributed by atoms with Gasteiger partial charge in [0.1, 0.15) is 5.82 Å². The molecule has 0 bridgehead atoms. The number of rotatable bonds is 5. The standard InChI is InChI=1S/C18H21N3/c1-14-8-10-15(11-9-14)18-20-16-6-2-3-7-17(16)21(18)13-5-4-12-19/h2-3,6-11H,4-5,12-13,19H2,1H3. The summed E-state index contributed by atoms with van der Waals surface area (Å²) in [5.74, 6) is 1.05. The normalized spacial score (nSPS) is 11.1. The molecule has 0 aliphatic heterocycles. The van der Waals surface area contributed by atoms with Gasteiger partial charge in [-0.3, -0.25) is 0 Å². The third-order valence-corrected chi connectivity index (χ3v) is 3.80. The van der Waals surface area contributed by atoms with Crippen LogP contribution in [0.4, 0.5) is 0 Å². The summed E-state index contributed by atoms with van der Waals surface area (Å²) in [6.07, 6.45) is 2.12. The van der Waals surface area contributed by atoms with Crippen molar-refractivity contribution in [3.05, 3.63) is 54.1 Å². The maximum Gasteiger partial charge on any atom is 0.141 e. The number of unbranched alkanes of at least 4 members (excludes halogenated alkanes) is 1. The minimum absolute atomic E-state index is 0.743. The maximum absolute atomic E-state index is 5.62. The van der Waals surface area contributed by atoms with Crippen LogP contribution in [0.15, 0.2) is 48.5 Å². The van der Waals surface area contributed by atoms with E-state index in [9.17, 15) is 0 Å². The maximum atomic E-state index is 5.62. The van der Waals surface area contributed by atoms with Crippen LogP contribution in [-0.4, -0.2) is 16.1 Å². The summed E-state index contributed by atoms with van der Waals surface area (Å²) in [4.78, 5) is 4.82. The van der Waals surface area contributed by atoms with Crippen molar-refractivity contribution in [2.75, 3.05) is 6.54 Å². The highest BCUT2D eigenvalue weighted by atomic mass is 15.1. The summed E-state index contributed by atoms with van der Waals surface area (Å²) in [6, 6.07) is 16.9. The fourth-order valence-corrected chi connectivity index (χ4v) is 2.64. The van der Waals surface area contributed by atoms with Crippen LogP contribution < -0.4 is 5.73 Å². The molecule has 0 aliphatic carbocycles. The van der Waals surface area contributed by atoms with Crippen LogP contribution in [0.2, 0.25) is 0 Å². The van der Waals surface area contributed by atoms with Crippen molar-refractivity contribution in [1.82, 2.24) is 9.55 Å². The molecule has 3 aromatic rings. The zero-order valence-electron chi connectivity index (χ0n) is 12.4. The molecule has 2 N–H and O–H groups in total. The van der Waals surface area contributed by atoms with Crippen LogP contribution in [0.1, 0.15) is 18.4 Å². The van der Waals surface area contributed by atoms with Gasteiger partial charge >= 0.3 is 0 Å². The number of fused-ring (bicyclic) bond motifs is 1. The fourth-order valence-electron chi connectivity index (χ4n) is 2.64. The second-order valence-corrected chi connectivity index (χ2v) is 5.44. The predicted octanol–water partition coefficient (Wildman–Crippen LogP) is 3.75. The lowest BCUT2D eigenvalue weighted by Gasteiger charge is -2.09. The molecule has 0 aliphatic rings. The van der Waals surface area contributed by atoms with Gasteiger partial charge in [-0.2, -0.15) is 0 Å². The van der Waals surface area contributed by atoms with E-state index < -0.39 is 0 Å². The van der Waals surface area contributed by atoms with Crippen molar-refractivity contribution in [3.63, 3.8) is 0 Å². The van der Waals surface area contributed by atoms with Crippen LogP contribution in [0.5, 0.6) is 0 Å². The Labute approximate surface area is 125 Å². The Morgan fingerprint density at radius 3 is 2.52 bits per heavy atom. The van der Waals surface area contributed by atoms with E-state index in [2.05, 4.69) is 54.0 Å². The second-order valence-electron chi connectivity index (χ2n) is 5.44. The van der Waals surface area contributed by atoms with E-state index in [-0.39, 0.29) is 0 Å². The number of nitrogens with two attached hydrogens (primary N) is 1. The first-order chi connectivity index (χ1) is 10.3. The molecule has 2 aromatic carbocycles. The summed E-state index contributed by atoms with van der Waals surface area (Å²) in [7, 11) is 0. The lowest BCUT2D eigenvalue weighted by molar-refractivity contribution is 0.631. The number of para-hydroxylation sites is 2. The zero-order valence-corrected chi connectivity index (χ0v) is 12.4. The third kappa shape index (κ3) is 2.83. The molecular formula is C18H21N3. The smallest absolute Gasteiger partial charge is 0.141 e. The molecule has 0 atom stereocenters. The molecule has 3 rings (SSSR count). The first-order valence-corrected chi connectivity index (χ1v) is 7.52. The van der Waals surface area contributed by atoms with E-state index in [1.807, 2.05) is 6.07 Å². The molecule has 0 saturated heterocycles. The molecule has 0 unspecified atom stereocenters. The minimum atomic E-state index is 0.743. The molecule has 0 radical (unpaired) electrons. The number of nitrogens with zero attached hydrogens (tertiary/aromatic N) is 2. The van der Waals surface area contributed by atoms with E-state index in [4.69, 9.17) is 10.7 Å². The highest BCUT2D eigenvalue weighted by Crippen LogP contribution is 2.25. The van der Waals surface area contributed by atoms with Gasteiger partial charge < -0.3 is 10.3 Å². The molecule has 1 heterocycles. The Kier molecular flexibility index (Phi) is 4.02. The third-order valence-electron chi connectivity index (χ3n) is 3.80. The van der Waals surface area contributed by atoms with E-state index in [1.165, 1.54) is 16.6 Å². The first-order valence-electron chi connectivity index (χ1n) is 7.52. The summed E-state index contributed by atoms with van der Waals surface area (Å²) in [5.41, 5.74) is 10.3. The first kappa shape index (κ1) is 13.8. The summed E-state index contributed by atoms with van der Waals surface area (Å²) >= 11 is 0. The van der Waals surface area contributed by atoms with E-state index in [0.29, 0.717) is 0 Å². The second kappa shape index (κ2) is 6.10. The van der Waals surface area contributed by atoms with Crippen LogP contribution >= 0.6 is 0 Å². The van der Waals surface area contributed by atoms with Gasteiger partial charge in [0, 0.05) is 12.1 Å². The summed E-state index contributed by atoms with van der Waals surface area (Å²) < 4.78 is 2.32. The van der Waals surface area contributed by atoms with E-state index in [1.54, 1.807) is 0 Å². The Morgan fingerprint density at radius 1 is 1.00 bits per heavy atom. The van der Waals surface area contributed by atoms with Crippen molar-refractivity contribution >= 4 is 11.0 Å². The van der Waals surface area contributed by atoms with Gasteiger partial charge in [-0.05, 0) is 38.4 Å². The van der Waals surface area contributed by atoms with Crippen molar-refractivity contribution in [2.45, 2.75) is 26.3 Å². The van der Waals surface area contributed by atoms with Crippen molar-refractivity contribution in [3.8, 4) is 11.4 Å². The Balaban J connectivity index is 2.07. The topological polar surface area (TPSA) is 43.8 Å². The zero-order chi connectivity index (χ0) is 14.7. The van der Waals surface area contributed by atoms with Crippen molar-refractivity contribution in [2.24, 2.45) is 5.73 Å². The molecule has 0 amide bonds. The minimum Gasteiger partial charge on any atom is -0.330 e. The van der Waals surface area contributed by atoms with Crippen molar-refractivity contribution < 1.29 is 0 Å².